The maximum Gasteiger partial charge on any atom is 0.0297 e. The van der Waals surface area contributed by atoms with Gasteiger partial charge in [0, 0.05) is 25.7 Å². The van der Waals surface area contributed by atoms with Crippen LogP contribution < -0.4 is 5.73 Å². The summed E-state index contributed by atoms with van der Waals surface area (Å²) in [4.78, 5) is 2.42. The predicted molar refractivity (Wildman–Crippen MR) is 59.3 cm³/mol. The van der Waals surface area contributed by atoms with E-state index in [9.17, 15) is 0 Å². The molecule has 76 valence electrons. The molecule has 2 nitrogen and oxygen atoms in total. The van der Waals surface area contributed by atoms with Crippen molar-refractivity contribution in [3.8, 4) is 0 Å². The minimum Gasteiger partial charge on any atom is -0.325 e. The second-order valence-electron chi connectivity index (χ2n) is 4.29. The van der Waals surface area contributed by atoms with E-state index in [0.717, 1.165) is 19.6 Å². The molecule has 0 amide bonds. The molecule has 0 saturated carbocycles. The van der Waals surface area contributed by atoms with Gasteiger partial charge in [-0.2, -0.15) is 0 Å². The molecule has 1 aromatic rings. The summed E-state index contributed by atoms with van der Waals surface area (Å²) in [5.41, 5.74) is 7.17. The summed E-state index contributed by atoms with van der Waals surface area (Å²) in [6.45, 7) is 5.55. The summed E-state index contributed by atoms with van der Waals surface area (Å²) < 4.78 is 0. The lowest BCUT2D eigenvalue weighted by molar-refractivity contribution is 0.143. The van der Waals surface area contributed by atoms with Crippen LogP contribution in [0.3, 0.4) is 0 Å². The van der Waals surface area contributed by atoms with Crippen molar-refractivity contribution in [1.82, 2.24) is 4.90 Å². The van der Waals surface area contributed by atoms with Gasteiger partial charge in [0.25, 0.3) is 0 Å². The van der Waals surface area contributed by atoms with Crippen molar-refractivity contribution in [2.45, 2.75) is 18.9 Å². The van der Waals surface area contributed by atoms with Crippen LogP contribution in [0.1, 0.15) is 18.4 Å². The molecule has 0 unspecified atom stereocenters. The Hall–Kier alpha value is -0.860. The van der Waals surface area contributed by atoms with Crippen LogP contribution in [0.15, 0.2) is 30.3 Å². The number of nitrogens with zero attached hydrogens (tertiary/aromatic N) is 1. The average molecular weight is 190 g/mol. The van der Waals surface area contributed by atoms with E-state index in [1.165, 1.54) is 5.56 Å². The van der Waals surface area contributed by atoms with Crippen LogP contribution >= 0.6 is 0 Å². The normalized spacial score (nSPS) is 20.4. The molecule has 1 atom stereocenters. The van der Waals surface area contributed by atoms with Crippen molar-refractivity contribution in [3.05, 3.63) is 35.9 Å². The van der Waals surface area contributed by atoms with E-state index in [-0.39, 0.29) is 0 Å². The molecule has 0 aliphatic carbocycles. The van der Waals surface area contributed by atoms with Gasteiger partial charge in [0.15, 0.2) is 0 Å². The highest BCUT2D eigenvalue weighted by Gasteiger charge is 2.24. The fraction of sp³-hybridized carbons (Fsp3) is 0.500. The first-order chi connectivity index (χ1) is 6.75. The van der Waals surface area contributed by atoms with Crippen molar-refractivity contribution in [2.75, 3.05) is 19.6 Å². The van der Waals surface area contributed by atoms with Gasteiger partial charge in [-0.15, -0.1) is 0 Å². The first-order valence-electron chi connectivity index (χ1n) is 5.28. The first kappa shape index (κ1) is 9.69. The lowest BCUT2D eigenvalue weighted by Crippen LogP contribution is -2.56. The lowest BCUT2D eigenvalue weighted by atomic mass is 9.98. The predicted octanol–water partition coefficient (Wildman–Crippen LogP) is 1.43. The molecule has 2 N–H and O–H groups in total. The molecule has 0 aromatic heterocycles. The minimum absolute atomic E-state index is 0.415. The topological polar surface area (TPSA) is 29.3 Å². The van der Waals surface area contributed by atoms with Gasteiger partial charge < -0.3 is 5.73 Å². The second-order valence-corrected chi connectivity index (χ2v) is 4.29. The summed E-state index contributed by atoms with van der Waals surface area (Å²) in [6, 6.07) is 11.1. The van der Waals surface area contributed by atoms with Crippen LogP contribution in [0, 0.1) is 0 Å². The van der Waals surface area contributed by atoms with Crippen LogP contribution in [-0.2, 0) is 0 Å². The van der Waals surface area contributed by atoms with Gasteiger partial charge in [0.2, 0.25) is 0 Å². The van der Waals surface area contributed by atoms with Crippen molar-refractivity contribution in [3.63, 3.8) is 0 Å². The maximum absolute atomic E-state index is 5.74. The summed E-state index contributed by atoms with van der Waals surface area (Å²) >= 11 is 0. The highest BCUT2D eigenvalue weighted by Crippen LogP contribution is 2.18. The Morgan fingerprint density at radius 1 is 1.36 bits per heavy atom. The molecule has 1 aromatic carbocycles. The van der Waals surface area contributed by atoms with E-state index in [0.29, 0.717) is 12.0 Å². The van der Waals surface area contributed by atoms with Crippen LogP contribution in [0.5, 0.6) is 0 Å². The molecular formula is C12H18N2. The zero-order valence-electron chi connectivity index (χ0n) is 8.69. The van der Waals surface area contributed by atoms with E-state index in [1.807, 2.05) is 0 Å². The van der Waals surface area contributed by atoms with Crippen LogP contribution in [0.25, 0.3) is 0 Å². The number of nitrogens with two attached hydrogens (primary N) is 1. The summed E-state index contributed by atoms with van der Waals surface area (Å²) in [5, 5.41) is 0. The van der Waals surface area contributed by atoms with E-state index in [1.54, 1.807) is 0 Å². The molecule has 1 heterocycles. The van der Waals surface area contributed by atoms with Crippen LogP contribution in [-0.4, -0.2) is 30.6 Å². The van der Waals surface area contributed by atoms with Gasteiger partial charge in [0.05, 0.1) is 0 Å². The van der Waals surface area contributed by atoms with Crippen molar-refractivity contribution < 1.29 is 0 Å². The number of hydrogen-bond donors (Lipinski definition) is 1. The molecular weight excluding hydrogens is 172 g/mol. The highest BCUT2D eigenvalue weighted by molar-refractivity contribution is 5.19. The first-order valence-corrected chi connectivity index (χ1v) is 5.28. The minimum atomic E-state index is 0.415. The number of hydrogen-bond acceptors (Lipinski definition) is 2. The van der Waals surface area contributed by atoms with Gasteiger partial charge in [-0.3, -0.25) is 4.90 Å². The van der Waals surface area contributed by atoms with Crippen molar-refractivity contribution in [2.24, 2.45) is 5.73 Å². The molecule has 2 heteroatoms. The Kier molecular flexibility index (Phi) is 2.85. The van der Waals surface area contributed by atoms with Crippen molar-refractivity contribution >= 4 is 0 Å². The van der Waals surface area contributed by atoms with E-state index >= 15 is 0 Å². The Labute approximate surface area is 85.7 Å². The standard InChI is InChI=1S/C12H18N2/c1-10(7-14-8-12(13)9-14)11-5-3-2-4-6-11/h2-6,10,12H,7-9,13H2,1H3/t10-/m0/s1. The van der Waals surface area contributed by atoms with Gasteiger partial charge in [-0.25, -0.2) is 0 Å². The average Bonchev–Trinajstić information content (AvgIpc) is 2.17. The van der Waals surface area contributed by atoms with Gasteiger partial charge in [-0.05, 0) is 11.5 Å². The third-order valence-corrected chi connectivity index (χ3v) is 2.89. The molecule has 1 aliphatic rings. The Bertz CT molecular complexity index is 278. The summed E-state index contributed by atoms with van der Waals surface area (Å²) in [6.07, 6.45) is 0. The molecule has 2 rings (SSSR count). The van der Waals surface area contributed by atoms with Crippen molar-refractivity contribution in [1.29, 1.82) is 0 Å². The Morgan fingerprint density at radius 2 is 2.00 bits per heavy atom. The molecule has 1 fully saturated rings. The number of benzene rings is 1. The third kappa shape index (κ3) is 2.14. The Morgan fingerprint density at radius 3 is 2.57 bits per heavy atom. The van der Waals surface area contributed by atoms with Crippen LogP contribution in [0.2, 0.25) is 0 Å². The lowest BCUT2D eigenvalue weighted by Gasteiger charge is -2.38. The van der Waals surface area contributed by atoms with Gasteiger partial charge >= 0.3 is 0 Å². The highest BCUT2D eigenvalue weighted by atomic mass is 15.2. The van der Waals surface area contributed by atoms with E-state index in [2.05, 4.69) is 42.2 Å². The zero-order chi connectivity index (χ0) is 9.97. The van der Waals surface area contributed by atoms with Gasteiger partial charge in [-0.1, -0.05) is 37.3 Å². The summed E-state index contributed by atoms with van der Waals surface area (Å²) in [5.74, 6) is 0.615. The molecule has 0 bridgehead atoms. The van der Waals surface area contributed by atoms with E-state index < -0.39 is 0 Å². The second kappa shape index (κ2) is 4.11. The third-order valence-electron chi connectivity index (χ3n) is 2.89. The smallest absolute Gasteiger partial charge is 0.0297 e. The maximum atomic E-state index is 5.74. The molecule has 14 heavy (non-hydrogen) atoms. The fourth-order valence-electron chi connectivity index (χ4n) is 2.03. The zero-order valence-corrected chi connectivity index (χ0v) is 8.69. The molecule has 1 saturated heterocycles. The number of likely N-dealkylation sites (tertiary alicyclic amines) is 1. The molecule has 0 radical (unpaired) electrons. The Balaban J connectivity index is 1.87. The monoisotopic (exact) mass is 190 g/mol. The number of rotatable bonds is 3. The largest absolute Gasteiger partial charge is 0.325 e. The molecule has 1 aliphatic heterocycles. The van der Waals surface area contributed by atoms with Gasteiger partial charge in [0.1, 0.15) is 0 Å². The van der Waals surface area contributed by atoms with E-state index in [4.69, 9.17) is 5.73 Å². The quantitative estimate of drug-likeness (QED) is 0.781. The fourth-order valence-corrected chi connectivity index (χ4v) is 2.03. The SMILES string of the molecule is C[C@@H](CN1CC(N)C1)c1ccccc1. The van der Waals surface area contributed by atoms with Crippen LogP contribution in [0.4, 0.5) is 0 Å². The summed E-state index contributed by atoms with van der Waals surface area (Å²) in [7, 11) is 0. The molecule has 0 spiro atoms.